The van der Waals surface area contributed by atoms with E-state index in [2.05, 4.69) is 4.90 Å². The van der Waals surface area contributed by atoms with Crippen molar-refractivity contribution in [2.24, 2.45) is 0 Å². The van der Waals surface area contributed by atoms with Crippen molar-refractivity contribution in [3.63, 3.8) is 0 Å². The molecule has 0 aromatic heterocycles. The predicted molar refractivity (Wildman–Crippen MR) is 56.8 cm³/mol. The van der Waals surface area contributed by atoms with Gasteiger partial charge >= 0.3 is 5.97 Å². The molecule has 1 fully saturated rings. The maximum Gasteiger partial charge on any atom is 0.303 e. The van der Waals surface area contributed by atoms with Crippen LogP contribution in [0.2, 0.25) is 0 Å². The summed E-state index contributed by atoms with van der Waals surface area (Å²) >= 11 is 0. The molecule has 0 aliphatic carbocycles. The number of carboxylic acid groups (broad SMARTS) is 1. The molecule has 0 atom stereocenters. The van der Waals surface area contributed by atoms with Gasteiger partial charge in [-0.1, -0.05) is 6.42 Å². The Labute approximate surface area is 90.3 Å². The number of nitrogens with zero attached hydrogens (tertiary/aromatic N) is 1. The number of likely N-dealkylation sites (tertiary alicyclic amines) is 1. The molecule has 1 aliphatic rings. The fraction of sp³-hybridized carbons (Fsp3) is 0.818. The standard InChI is InChI=1S/C11H19NO3/c13-10-5-8-12(9-6-10)7-3-1-2-4-11(14)15/h1-9H2,(H,14,15). The molecule has 0 amide bonds. The first-order valence-electron chi connectivity index (χ1n) is 5.64. The summed E-state index contributed by atoms with van der Waals surface area (Å²) in [4.78, 5) is 23.5. The average Bonchev–Trinajstić information content (AvgIpc) is 2.20. The predicted octanol–water partition coefficient (Wildman–Crippen LogP) is 1.30. The fourth-order valence-electron chi connectivity index (χ4n) is 1.81. The Morgan fingerprint density at radius 2 is 1.87 bits per heavy atom. The molecule has 15 heavy (non-hydrogen) atoms. The summed E-state index contributed by atoms with van der Waals surface area (Å²) < 4.78 is 0. The van der Waals surface area contributed by atoms with Crippen molar-refractivity contribution < 1.29 is 14.7 Å². The Balaban J connectivity index is 1.96. The number of hydrogen-bond acceptors (Lipinski definition) is 3. The second kappa shape index (κ2) is 6.56. The molecular weight excluding hydrogens is 194 g/mol. The lowest BCUT2D eigenvalue weighted by atomic mass is 10.1. The van der Waals surface area contributed by atoms with Crippen LogP contribution in [-0.2, 0) is 9.59 Å². The minimum absolute atomic E-state index is 0.276. The summed E-state index contributed by atoms with van der Waals surface area (Å²) in [6, 6.07) is 0. The van der Waals surface area contributed by atoms with Gasteiger partial charge in [-0.2, -0.15) is 0 Å². The Bertz CT molecular complexity index is 218. The molecule has 4 nitrogen and oxygen atoms in total. The Morgan fingerprint density at radius 1 is 1.20 bits per heavy atom. The van der Waals surface area contributed by atoms with Crippen LogP contribution in [0.15, 0.2) is 0 Å². The van der Waals surface area contributed by atoms with Crippen molar-refractivity contribution in [2.45, 2.75) is 38.5 Å². The van der Waals surface area contributed by atoms with Gasteiger partial charge in [-0.25, -0.2) is 0 Å². The first-order chi connectivity index (χ1) is 7.18. The number of hydrogen-bond donors (Lipinski definition) is 1. The molecule has 0 aromatic carbocycles. The normalized spacial score (nSPS) is 18.0. The Kier molecular flexibility index (Phi) is 5.32. The number of rotatable bonds is 6. The lowest BCUT2D eigenvalue weighted by molar-refractivity contribution is -0.137. The summed E-state index contributed by atoms with van der Waals surface area (Å²) in [5.41, 5.74) is 0. The van der Waals surface area contributed by atoms with Gasteiger partial charge in [0.2, 0.25) is 0 Å². The quantitative estimate of drug-likeness (QED) is 0.676. The molecule has 1 N–H and O–H groups in total. The van der Waals surface area contributed by atoms with E-state index in [1.807, 2.05) is 0 Å². The second-order valence-electron chi connectivity index (χ2n) is 4.08. The van der Waals surface area contributed by atoms with Gasteiger partial charge in [-0.3, -0.25) is 9.59 Å². The van der Waals surface area contributed by atoms with E-state index in [-0.39, 0.29) is 6.42 Å². The van der Waals surface area contributed by atoms with Gasteiger partial charge < -0.3 is 10.0 Å². The van der Waals surface area contributed by atoms with Gasteiger partial charge in [0.25, 0.3) is 0 Å². The summed E-state index contributed by atoms with van der Waals surface area (Å²) in [5, 5.41) is 8.44. The van der Waals surface area contributed by atoms with Crippen molar-refractivity contribution in [1.82, 2.24) is 4.90 Å². The van der Waals surface area contributed by atoms with E-state index in [4.69, 9.17) is 5.11 Å². The molecule has 1 saturated heterocycles. The molecule has 1 rings (SSSR count). The number of ketones is 1. The van der Waals surface area contributed by atoms with E-state index in [0.29, 0.717) is 18.6 Å². The highest BCUT2D eigenvalue weighted by molar-refractivity contribution is 5.79. The number of carboxylic acids is 1. The van der Waals surface area contributed by atoms with Crippen LogP contribution in [0.3, 0.4) is 0 Å². The van der Waals surface area contributed by atoms with Crippen LogP contribution in [0.5, 0.6) is 0 Å². The average molecular weight is 213 g/mol. The van der Waals surface area contributed by atoms with E-state index in [1.165, 1.54) is 0 Å². The number of carbonyl (C=O) groups excluding carboxylic acids is 1. The SMILES string of the molecule is O=C(O)CCCCCN1CCC(=O)CC1. The third kappa shape index (κ3) is 5.52. The van der Waals surface area contributed by atoms with E-state index < -0.39 is 5.97 Å². The molecule has 0 aromatic rings. The zero-order chi connectivity index (χ0) is 11.1. The van der Waals surface area contributed by atoms with Crippen molar-refractivity contribution in [3.8, 4) is 0 Å². The topological polar surface area (TPSA) is 57.6 Å². The van der Waals surface area contributed by atoms with E-state index in [1.54, 1.807) is 0 Å². The van der Waals surface area contributed by atoms with E-state index >= 15 is 0 Å². The molecule has 0 spiro atoms. The van der Waals surface area contributed by atoms with Gasteiger partial charge in [0.05, 0.1) is 0 Å². The highest BCUT2D eigenvalue weighted by Crippen LogP contribution is 2.08. The van der Waals surface area contributed by atoms with Crippen LogP contribution in [0.1, 0.15) is 38.5 Å². The Morgan fingerprint density at radius 3 is 2.47 bits per heavy atom. The number of Topliss-reactive ketones (excluding diaryl/α,β-unsaturated/α-hetero) is 1. The molecule has 1 aliphatic heterocycles. The third-order valence-corrected chi connectivity index (χ3v) is 2.78. The maximum atomic E-state index is 11.0. The minimum atomic E-state index is -0.710. The number of unbranched alkanes of at least 4 members (excludes halogenated alkanes) is 2. The number of carbonyl (C=O) groups is 2. The third-order valence-electron chi connectivity index (χ3n) is 2.78. The van der Waals surface area contributed by atoms with Gasteiger partial charge in [-0.05, 0) is 19.4 Å². The Hall–Kier alpha value is -0.900. The van der Waals surface area contributed by atoms with Gasteiger partial charge in [0.15, 0.2) is 0 Å². The summed E-state index contributed by atoms with van der Waals surface area (Å²) in [6.07, 6.45) is 4.43. The molecule has 4 heteroatoms. The molecular formula is C11H19NO3. The van der Waals surface area contributed by atoms with Crippen LogP contribution >= 0.6 is 0 Å². The zero-order valence-electron chi connectivity index (χ0n) is 9.07. The van der Waals surface area contributed by atoms with Crippen LogP contribution < -0.4 is 0 Å². The zero-order valence-corrected chi connectivity index (χ0v) is 9.07. The molecule has 0 saturated carbocycles. The van der Waals surface area contributed by atoms with Crippen molar-refractivity contribution >= 4 is 11.8 Å². The largest absolute Gasteiger partial charge is 0.481 e. The van der Waals surface area contributed by atoms with Crippen molar-refractivity contribution in [2.75, 3.05) is 19.6 Å². The van der Waals surface area contributed by atoms with Crippen molar-refractivity contribution in [1.29, 1.82) is 0 Å². The fourth-order valence-corrected chi connectivity index (χ4v) is 1.81. The van der Waals surface area contributed by atoms with Crippen LogP contribution in [0.25, 0.3) is 0 Å². The summed E-state index contributed by atoms with van der Waals surface area (Å²) in [7, 11) is 0. The molecule has 86 valence electrons. The minimum Gasteiger partial charge on any atom is -0.481 e. The summed E-state index contributed by atoms with van der Waals surface area (Å²) in [5.74, 6) is -0.337. The van der Waals surface area contributed by atoms with E-state index in [9.17, 15) is 9.59 Å². The summed E-state index contributed by atoms with van der Waals surface area (Å²) in [6.45, 7) is 2.78. The molecule has 0 unspecified atom stereocenters. The maximum absolute atomic E-state index is 11.0. The lowest BCUT2D eigenvalue weighted by Crippen LogP contribution is -2.34. The molecule has 0 radical (unpaired) electrons. The van der Waals surface area contributed by atoms with Crippen molar-refractivity contribution in [3.05, 3.63) is 0 Å². The first kappa shape index (κ1) is 12.2. The van der Waals surface area contributed by atoms with Crippen LogP contribution in [-0.4, -0.2) is 41.4 Å². The van der Waals surface area contributed by atoms with Crippen LogP contribution in [0, 0.1) is 0 Å². The second-order valence-corrected chi connectivity index (χ2v) is 4.08. The van der Waals surface area contributed by atoms with Gasteiger partial charge in [-0.15, -0.1) is 0 Å². The van der Waals surface area contributed by atoms with Crippen LogP contribution in [0.4, 0.5) is 0 Å². The van der Waals surface area contributed by atoms with Gasteiger partial charge in [0.1, 0.15) is 5.78 Å². The highest BCUT2D eigenvalue weighted by Gasteiger charge is 2.14. The first-order valence-corrected chi connectivity index (χ1v) is 5.64. The molecule has 0 bridgehead atoms. The van der Waals surface area contributed by atoms with E-state index in [0.717, 1.165) is 38.9 Å². The highest BCUT2D eigenvalue weighted by atomic mass is 16.4. The monoisotopic (exact) mass is 213 g/mol. The van der Waals surface area contributed by atoms with Gasteiger partial charge in [0, 0.05) is 32.4 Å². The molecule has 1 heterocycles. The number of piperidine rings is 1. The lowest BCUT2D eigenvalue weighted by Gasteiger charge is -2.25. The number of aliphatic carboxylic acids is 1. The smallest absolute Gasteiger partial charge is 0.303 e.